The maximum atomic E-state index is 12.4. The number of imidazole rings is 1. The highest BCUT2D eigenvalue weighted by molar-refractivity contribution is 5.89. The molecule has 1 aliphatic carbocycles. The minimum atomic E-state index is -0.656. The third-order valence-electron chi connectivity index (χ3n) is 6.36. The molecule has 1 aromatic carbocycles. The summed E-state index contributed by atoms with van der Waals surface area (Å²) in [5, 5.41) is 13.8. The number of carbonyl (C=O) groups is 1. The molecule has 1 atom stereocenters. The molecule has 2 aromatic heterocycles. The minimum absolute atomic E-state index is 0.0989. The van der Waals surface area contributed by atoms with Gasteiger partial charge in [0.2, 0.25) is 11.7 Å². The fourth-order valence-electron chi connectivity index (χ4n) is 4.16. The van der Waals surface area contributed by atoms with Crippen molar-refractivity contribution in [1.82, 2.24) is 19.6 Å². The predicted octanol–water partition coefficient (Wildman–Crippen LogP) is 1.51. The van der Waals surface area contributed by atoms with E-state index in [1.807, 2.05) is 21.6 Å². The number of piperazine rings is 1. The Morgan fingerprint density at radius 2 is 1.94 bits per heavy atom. The van der Waals surface area contributed by atoms with Gasteiger partial charge in [-0.1, -0.05) is 11.1 Å². The van der Waals surface area contributed by atoms with E-state index in [0.717, 1.165) is 37.2 Å². The van der Waals surface area contributed by atoms with Gasteiger partial charge in [0, 0.05) is 55.9 Å². The Morgan fingerprint density at radius 3 is 2.62 bits per heavy atom. The summed E-state index contributed by atoms with van der Waals surface area (Å²) in [6.45, 7) is 5.11. The lowest BCUT2D eigenvalue weighted by molar-refractivity contribution is -0.133. The minimum Gasteiger partial charge on any atom is -0.385 e. The van der Waals surface area contributed by atoms with Gasteiger partial charge in [0.15, 0.2) is 0 Å². The fourth-order valence-corrected chi connectivity index (χ4v) is 4.16. The molecule has 34 heavy (non-hydrogen) atoms. The molecular formula is C25H28N6O3. The first-order valence-electron chi connectivity index (χ1n) is 11.5. The van der Waals surface area contributed by atoms with E-state index in [9.17, 15) is 9.90 Å². The summed E-state index contributed by atoms with van der Waals surface area (Å²) < 4.78 is 7.17. The van der Waals surface area contributed by atoms with Crippen molar-refractivity contribution in [1.29, 1.82) is 0 Å². The Morgan fingerprint density at radius 1 is 1.21 bits per heavy atom. The van der Waals surface area contributed by atoms with Crippen molar-refractivity contribution in [2.45, 2.75) is 38.0 Å². The third-order valence-corrected chi connectivity index (χ3v) is 6.36. The van der Waals surface area contributed by atoms with Gasteiger partial charge in [-0.2, -0.15) is 0 Å². The molecular weight excluding hydrogens is 432 g/mol. The highest BCUT2D eigenvalue weighted by atomic mass is 16.5. The van der Waals surface area contributed by atoms with Crippen LogP contribution in [0.1, 0.15) is 48.7 Å². The summed E-state index contributed by atoms with van der Waals surface area (Å²) >= 11 is 0. The van der Waals surface area contributed by atoms with Crippen LogP contribution in [0.5, 0.6) is 0 Å². The molecule has 0 bridgehead atoms. The average Bonchev–Trinajstić information content (AvgIpc) is 3.22. The van der Waals surface area contributed by atoms with Gasteiger partial charge in [0.05, 0.1) is 12.1 Å². The molecule has 2 fully saturated rings. The Labute approximate surface area is 198 Å². The Balaban J connectivity index is 1.17. The summed E-state index contributed by atoms with van der Waals surface area (Å²) in [4.78, 5) is 20.8. The predicted molar refractivity (Wildman–Crippen MR) is 126 cm³/mol. The zero-order valence-electron chi connectivity index (χ0n) is 19.1. The number of nitrogens with two attached hydrogens (primary N) is 1. The van der Waals surface area contributed by atoms with Crippen molar-refractivity contribution in [3.8, 4) is 11.8 Å². The summed E-state index contributed by atoms with van der Waals surface area (Å²) in [7, 11) is 0. The monoisotopic (exact) mass is 460 g/mol. The van der Waals surface area contributed by atoms with E-state index >= 15 is 0 Å². The van der Waals surface area contributed by atoms with Crippen molar-refractivity contribution in [2.75, 3.05) is 31.1 Å². The quantitative estimate of drug-likeness (QED) is 0.555. The van der Waals surface area contributed by atoms with Crippen LogP contribution in [0.2, 0.25) is 0 Å². The molecule has 3 N–H and O–H groups in total. The molecule has 9 nitrogen and oxygen atoms in total. The fraction of sp³-hybridized carbons (Fsp3) is 0.400. The van der Waals surface area contributed by atoms with Crippen molar-refractivity contribution in [3.05, 3.63) is 65.6 Å². The van der Waals surface area contributed by atoms with Gasteiger partial charge in [-0.25, -0.2) is 4.98 Å². The van der Waals surface area contributed by atoms with Crippen LogP contribution in [0.15, 0.2) is 47.2 Å². The number of nitrogens with zero attached hydrogens (tertiary/aromatic N) is 5. The van der Waals surface area contributed by atoms with Crippen molar-refractivity contribution >= 4 is 11.6 Å². The van der Waals surface area contributed by atoms with E-state index in [-0.39, 0.29) is 5.91 Å². The van der Waals surface area contributed by atoms with Crippen molar-refractivity contribution < 1.29 is 14.4 Å². The summed E-state index contributed by atoms with van der Waals surface area (Å²) in [6.07, 6.45) is 4.39. The van der Waals surface area contributed by atoms with Crippen LogP contribution in [0.4, 0.5) is 5.69 Å². The van der Waals surface area contributed by atoms with Gasteiger partial charge < -0.3 is 29.7 Å². The van der Waals surface area contributed by atoms with Gasteiger partial charge in [-0.3, -0.25) is 4.79 Å². The van der Waals surface area contributed by atoms with Crippen LogP contribution in [0.25, 0.3) is 0 Å². The summed E-state index contributed by atoms with van der Waals surface area (Å²) in [5.41, 5.74) is 8.17. The number of amides is 1. The third kappa shape index (κ3) is 4.69. The zero-order chi connectivity index (χ0) is 23.7. The molecule has 0 radical (unpaired) electrons. The van der Waals surface area contributed by atoms with Crippen molar-refractivity contribution in [3.63, 3.8) is 0 Å². The summed E-state index contributed by atoms with van der Waals surface area (Å²) in [6, 6.07) is 9.86. The first kappa shape index (κ1) is 22.2. The van der Waals surface area contributed by atoms with Crippen LogP contribution in [0, 0.1) is 11.8 Å². The Kier molecular flexibility index (Phi) is 5.86. The van der Waals surface area contributed by atoms with Crippen LogP contribution < -0.4 is 10.6 Å². The lowest BCUT2D eigenvalue weighted by atomic mass is 10.1. The molecule has 5 rings (SSSR count). The second-order valence-electron chi connectivity index (χ2n) is 9.00. The van der Waals surface area contributed by atoms with Crippen LogP contribution in [0.3, 0.4) is 0 Å². The van der Waals surface area contributed by atoms with Crippen molar-refractivity contribution in [2.24, 2.45) is 5.73 Å². The molecule has 1 saturated carbocycles. The van der Waals surface area contributed by atoms with Gasteiger partial charge in [0.1, 0.15) is 17.6 Å². The number of carbonyl (C=O) groups excluding carboxylic acids is 1. The van der Waals surface area contributed by atoms with E-state index < -0.39 is 11.6 Å². The maximum Gasteiger partial charge on any atom is 0.242 e. The number of rotatable bonds is 5. The molecule has 0 unspecified atom stereocenters. The number of anilines is 1. The normalized spacial score (nSPS) is 17.7. The summed E-state index contributed by atoms with van der Waals surface area (Å²) in [5.74, 6) is 7.28. The zero-order valence-corrected chi connectivity index (χ0v) is 19.1. The number of aliphatic hydroxyl groups is 1. The standard InChI is InChI=1S/C25H28N6O3/c1-18(32)23-27-10-11-31(23)17-20-16-22(34-28-20)7-4-19-2-5-21(6-3-19)29-12-14-30(15-13-29)24(33)25(26)8-9-25/h2-3,5-6,10-11,16,18,32H,8-9,12-15,17,26H2,1H3/t18-/m0/s1. The van der Waals surface area contributed by atoms with E-state index in [1.165, 1.54) is 0 Å². The smallest absolute Gasteiger partial charge is 0.242 e. The SMILES string of the molecule is C[C@H](O)c1nccn1Cc1cc(C#Cc2ccc(N3CCN(C(=O)C4(N)CC4)CC3)cc2)on1. The first-order chi connectivity index (χ1) is 16.4. The van der Waals surface area contributed by atoms with E-state index in [4.69, 9.17) is 10.3 Å². The van der Waals surface area contributed by atoms with Crippen LogP contribution in [-0.4, -0.2) is 62.3 Å². The topological polar surface area (TPSA) is 114 Å². The molecule has 176 valence electrons. The lowest BCUT2D eigenvalue weighted by Crippen LogP contribution is -2.54. The van der Waals surface area contributed by atoms with Gasteiger partial charge >= 0.3 is 0 Å². The first-order valence-corrected chi connectivity index (χ1v) is 11.5. The Hall–Kier alpha value is -3.61. The Bertz CT molecular complexity index is 1220. The largest absolute Gasteiger partial charge is 0.385 e. The number of aromatic nitrogens is 3. The maximum absolute atomic E-state index is 12.4. The van der Waals surface area contributed by atoms with E-state index in [1.54, 1.807) is 25.4 Å². The molecule has 1 amide bonds. The van der Waals surface area contributed by atoms with Crippen LogP contribution >= 0.6 is 0 Å². The average molecular weight is 461 g/mol. The molecule has 9 heteroatoms. The van der Waals surface area contributed by atoms with E-state index in [0.29, 0.717) is 36.9 Å². The second kappa shape index (κ2) is 8.97. The number of benzene rings is 1. The number of hydrogen-bond donors (Lipinski definition) is 2. The molecule has 3 aromatic rings. The highest BCUT2D eigenvalue weighted by Gasteiger charge is 2.48. The van der Waals surface area contributed by atoms with Crippen LogP contribution in [-0.2, 0) is 11.3 Å². The number of hydrogen-bond acceptors (Lipinski definition) is 7. The molecule has 1 saturated heterocycles. The second-order valence-corrected chi connectivity index (χ2v) is 9.00. The van der Waals surface area contributed by atoms with E-state index in [2.05, 4.69) is 39.0 Å². The van der Waals surface area contributed by atoms with Gasteiger partial charge in [-0.15, -0.1) is 0 Å². The molecule has 1 aliphatic heterocycles. The lowest BCUT2D eigenvalue weighted by Gasteiger charge is -2.37. The molecule has 2 aliphatic rings. The highest BCUT2D eigenvalue weighted by Crippen LogP contribution is 2.34. The van der Waals surface area contributed by atoms with Gasteiger partial charge in [0.25, 0.3) is 0 Å². The number of aliphatic hydroxyl groups excluding tert-OH is 1. The molecule has 0 spiro atoms. The van der Waals surface area contributed by atoms with Gasteiger partial charge in [-0.05, 0) is 50.0 Å². The molecule has 3 heterocycles.